The molecule has 0 aliphatic heterocycles. The predicted octanol–water partition coefficient (Wildman–Crippen LogP) is 0.221. The molecule has 3 rings (SSSR count). The van der Waals surface area contributed by atoms with Crippen LogP contribution in [-0.2, 0) is 6.42 Å². The number of fused-ring (bicyclic) bond motifs is 3. The number of hydrogen-bond donors (Lipinski definition) is 2. The summed E-state index contributed by atoms with van der Waals surface area (Å²) >= 11 is 1.66. The van der Waals surface area contributed by atoms with E-state index in [9.17, 15) is 10.0 Å². The van der Waals surface area contributed by atoms with Gasteiger partial charge in [-0.25, -0.2) is 0 Å². The van der Waals surface area contributed by atoms with Crippen LogP contribution in [0.4, 0.5) is 0 Å². The van der Waals surface area contributed by atoms with Crippen molar-refractivity contribution < 1.29 is 10.0 Å². The summed E-state index contributed by atoms with van der Waals surface area (Å²) in [6.45, 7) is 0. The van der Waals surface area contributed by atoms with Crippen LogP contribution in [0.1, 0.15) is 17.5 Å². The van der Waals surface area contributed by atoms with E-state index >= 15 is 0 Å². The molecular formula is C12H11BO2S. The molecule has 0 unspecified atom stereocenters. The molecule has 0 spiro atoms. The minimum absolute atomic E-state index is 0.627. The Balaban J connectivity index is 2.38. The van der Waals surface area contributed by atoms with E-state index in [1.165, 1.54) is 15.7 Å². The highest BCUT2D eigenvalue weighted by Crippen LogP contribution is 2.17. The summed E-state index contributed by atoms with van der Waals surface area (Å²) in [7, 11) is -1.38. The van der Waals surface area contributed by atoms with E-state index in [1.807, 2.05) is 12.2 Å². The van der Waals surface area contributed by atoms with Crippen LogP contribution >= 0.6 is 11.3 Å². The molecule has 0 saturated carbocycles. The van der Waals surface area contributed by atoms with Gasteiger partial charge >= 0.3 is 7.12 Å². The maximum atomic E-state index is 9.33. The van der Waals surface area contributed by atoms with Gasteiger partial charge < -0.3 is 10.0 Å². The first-order chi connectivity index (χ1) is 7.77. The Morgan fingerprint density at radius 1 is 1.19 bits per heavy atom. The molecule has 0 amide bonds. The Kier molecular flexibility index (Phi) is 2.35. The zero-order valence-electron chi connectivity index (χ0n) is 8.68. The fraction of sp³-hybridized carbons (Fsp3) is 0.167. The molecule has 1 heterocycles. The van der Waals surface area contributed by atoms with Crippen molar-refractivity contribution in [2.45, 2.75) is 12.8 Å². The lowest BCUT2D eigenvalue weighted by molar-refractivity contribution is 0.427. The summed E-state index contributed by atoms with van der Waals surface area (Å²) in [4.78, 5) is 0. The maximum Gasteiger partial charge on any atom is 0.489 e. The molecule has 0 saturated heterocycles. The van der Waals surface area contributed by atoms with Crippen molar-refractivity contribution in [3.63, 3.8) is 0 Å². The van der Waals surface area contributed by atoms with E-state index in [0.717, 1.165) is 17.4 Å². The van der Waals surface area contributed by atoms with E-state index in [1.54, 1.807) is 11.3 Å². The molecule has 2 aliphatic rings. The molecule has 0 atom stereocenters. The van der Waals surface area contributed by atoms with Crippen molar-refractivity contribution in [1.29, 1.82) is 0 Å². The lowest BCUT2D eigenvalue weighted by atomic mass is 9.77. The first-order valence-electron chi connectivity index (χ1n) is 5.32. The standard InChI is InChI=1S/C12H11BO2S/c14-13(15)10-6-3-5-9-8-4-1-2-7-11(8)16-12(9)10/h1,3-4,6-7,14-15H,2,5H2. The summed E-state index contributed by atoms with van der Waals surface area (Å²) in [5.74, 6) is 0. The molecule has 0 aromatic carbocycles. The minimum Gasteiger partial charge on any atom is -0.423 e. The van der Waals surface area contributed by atoms with Gasteiger partial charge in [0.05, 0.1) is 0 Å². The van der Waals surface area contributed by atoms with Crippen LogP contribution < -0.4 is 9.06 Å². The molecule has 4 heteroatoms. The first-order valence-corrected chi connectivity index (χ1v) is 6.14. The van der Waals surface area contributed by atoms with Gasteiger partial charge in [-0.1, -0.05) is 30.4 Å². The van der Waals surface area contributed by atoms with Crippen molar-refractivity contribution in [2.75, 3.05) is 0 Å². The molecule has 0 bridgehead atoms. The molecular weight excluding hydrogens is 219 g/mol. The van der Waals surface area contributed by atoms with Crippen LogP contribution in [0.5, 0.6) is 0 Å². The van der Waals surface area contributed by atoms with Gasteiger partial charge in [0.25, 0.3) is 0 Å². The van der Waals surface area contributed by atoms with Gasteiger partial charge in [0.2, 0.25) is 0 Å². The predicted molar refractivity (Wildman–Crippen MR) is 68.1 cm³/mol. The second-order valence-electron chi connectivity index (χ2n) is 3.97. The molecule has 16 heavy (non-hydrogen) atoms. The fourth-order valence-electron chi connectivity index (χ4n) is 2.21. The normalized spacial score (nSPS) is 16.8. The Labute approximate surface area is 97.7 Å². The largest absolute Gasteiger partial charge is 0.489 e. The van der Waals surface area contributed by atoms with Gasteiger partial charge in [0, 0.05) is 9.06 Å². The van der Waals surface area contributed by atoms with Crippen molar-refractivity contribution in [2.24, 2.45) is 0 Å². The highest BCUT2D eigenvalue weighted by Gasteiger charge is 2.20. The lowest BCUT2D eigenvalue weighted by Gasteiger charge is -2.07. The third kappa shape index (κ3) is 1.42. The van der Waals surface area contributed by atoms with Crippen molar-refractivity contribution in [3.05, 3.63) is 38.4 Å². The quantitative estimate of drug-likeness (QED) is 0.677. The molecule has 0 fully saturated rings. The molecule has 2 aliphatic carbocycles. The first kappa shape index (κ1) is 10.1. The van der Waals surface area contributed by atoms with Gasteiger partial charge in [0.15, 0.2) is 0 Å². The van der Waals surface area contributed by atoms with Gasteiger partial charge in [-0.15, -0.1) is 11.3 Å². The molecule has 1 aromatic heterocycles. The summed E-state index contributed by atoms with van der Waals surface area (Å²) in [6.07, 6.45) is 12.1. The summed E-state index contributed by atoms with van der Waals surface area (Å²) in [6, 6.07) is 0. The van der Waals surface area contributed by atoms with Crippen molar-refractivity contribution >= 4 is 36.1 Å². The van der Waals surface area contributed by atoms with Crippen LogP contribution in [0.15, 0.2) is 18.2 Å². The average molecular weight is 230 g/mol. The summed E-state index contributed by atoms with van der Waals surface area (Å²) in [5.41, 5.74) is 3.12. The van der Waals surface area contributed by atoms with Gasteiger partial charge in [-0.05, 0) is 29.4 Å². The SMILES string of the molecule is OB(O)C1=c2sc3c(c2CC=C1)C=CCC=3. The number of hydrogen-bond acceptors (Lipinski definition) is 3. The van der Waals surface area contributed by atoms with Crippen molar-refractivity contribution in [3.8, 4) is 0 Å². The van der Waals surface area contributed by atoms with Crippen LogP contribution in [0.2, 0.25) is 0 Å². The number of rotatable bonds is 1. The fourth-order valence-corrected chi connectivity index (χ4v) is 3.52. The number of thiophene rings is 1. The summed E-state index contributed by atoms with van der Waals surface area (Å²) < 4.78 is 2.29. The Bertz CT molecular complexity index is 608. The Morgan fingerprint density at radius 2 is 2.06 bits per heavy atom. The molecule has 2 nitrogen and oxygen atoms in total. The average Bonchev–Trinajstić information content (AvgIpc) is 2.67. The van der Waals surface area contributed by atoms with Crippen LogP contribution in [0, 0.1) is 0 Å². The topological polar surface area (TPSA) is 40.5 Å². The third-order valence-corrected chi connectivity index (χ3v) is 4.25. The molecule has 2 N–H and O–H groups in total. The number of allylic oxidation sites excluding steroid dienone is 3. The van der Waals surface area contributed by atoms with Crippen LogP contribution in [0.25, 0.3) is 17.6 Å². The lowest BCUT2D eigenvalue weighted by Crippen LogP contribution is -2.23. The zero-order chi connectivity index (χ0) is 11.1. The van der Waals surface area contributed by atoms with Gasteiger partial charge in [0.1, 0.15) is 0 Å². The maximum absolute atomic E-state index is 9.33. The monoisotopic (exact) mass is 230 g/mol. The third-order valence-electron chi connectivity index (χ3n) is 2.96. The molecule has 1 aromatic rings. The van der Waals surface area contributed by atoms with E-state index in [2.05, 4.69) is 18.2 Å². The highest BCUT2D eigenvalue weighted by molar-refractivity contribution is 7.08. The van der Waals surface area contributed by atoms with E-state index in [4.69, 9.17) is 0 Å². The zero-order valence-corrected chi connectivity index (χ0v) is 9.50. The van der Waals surface area contributed by atoms with E-state index in [0.29, 0.717) is 5.47 Å². The van der Waals surface area contributed by atoms with Gasteiger partial charge in [-0.3, -0.25) is 0 Å². The smallest absolute Gasteiger partial charge is 0.423 e. The second kappa shape index (κ2) is 3.73. The van der Waals surface area contributed by atoms with Crippen LogP contribution in [-0.4, -0.2) is 17.2 Å². The summed E-state index contributed by atoms with van der Waals surface area (Å²) in [5, 5.41) is 18.7. The minimum atomic E-state index is -1.38. The Morgan fingerprint density at radius 3 is 2.88 bits per heavy atom. The van der Waals surface area contributed by atoms with E-state index in [-0.39, 0.29) is 0 Å². The van der Waals surface area contributed by atoms with Crippen molar-refractivity contribution in [1.82, 2.24) is 0 Å². The highest BCUT2D eigenvalue weighted by atomic mass is 32.1. The molecule has 80 valence electrons. The Hall–Kier alpha value is -1.10. The van der Waals surface area contributed by atoms with Crippen LogP contribution in [0.3, 0.4) is 0 Å². The molecule has 0 radical (unpaired) electrons. The second-order valence-corrected chi connectivity index (χ2v) is 5.02. The van der Waals surface area contributed by atoms with Gasteiger partial charge in [-0.2, -0.15) is 0 Å². The van der Waals surface area contributed by atoms with E-state index < -0.39 is 7.12 Å².